The van der Waals surface area contributed by atoms with Crippen molar-refractivity contribution in [3.63, 3.8) is 0 Å². The Morgan fingerprint density at radius 1 is 1.28 bits per heavy atom. The highest BCUT2D eigenvalue weighted by Crippen LogP contribution is 2.08. The van der Waals surface area contributed by atoms with Crippen LogP contribution in [-0.4, -0.2) is 38.4 Å². The van der Waals surface area contributed by atoms with E-state index in [1.807, 2.05) is 43.1 Å². The number of anilines is 1. The molecule has 0 amide bonds. The minimum atomic E-state index is -2.89. The van der Waals surface area contributed by atoms with Crippen LogP contribution in [0.4, 0.5) is 5.69 Å². The molecule has 4 nitrogen and oxygen atoms in total. The molecule has 18 heavy (non-hydrogen) atoms. The van der Waals surface area contributed by atoms with Crippen LogP contribution < -0.4 is 5.73 Å². The van der Waals surface area contributed by atoms with E-state index in [2.05, 4.69) is 0 Å². The van der Waals surface area contributed by atoms with Crippen LogP contribution in [0, 0.1) is 0 Å². The monoisotopic (exact) mass is 270 g/mol. The zero-order valence-electron chi connectivity index (χ0n) is 11.1. The molecule has 0 unspecified atom stereocenters. The molecular weight excluding hydrogens is 248 g/mol. The number of nitrogens with two attached hydrogens (primary N) is 1. The second-order valence-corrected chi connectivity index (χ2v) is 6.94. The van der Waals surface area contributed by atoms with Gasteiger partial charge in [0.2, 0.25) is 0 Å². The van der Waals surface area contributed by atoms with Crippen molar-refractivity contribution in [1.29, 1.82) is 0 Å². The summed E-state index contributed by atoms with van der Waals surface area (Å²) in [5, 5.41) is 0. The van der Waals surface area contributed by atoms with Crippen LogP contribution in [0.5, 0.6) is 0 Å². The SMILES string of the molecule is CCCS(=O)(=O)CCN(C)Cc1cccc(N)c1. The summed E-state index contributed by atoms with van der Waals surface area (Å²) in [6.45, 7) is 3.15. The quantitative estimate of drug-likeness (QED) is 0.763. The molecule has 1 aromatic carbocycles. The first-order valence-electron chi connectivity index (χ1n) is 6.16. The van der Waals surface area contributed by atoms with Gasteiger partial charge in [-0.25, -0.2) is 8.42 Å². The summed E-state index contributed by atoms with van der Waals surface area (Å²) in [4.78, 5) is 2.00. The van der Waals surface area contributed by atoms with Gasteiger partial charge in [-0.2, -0.15) is 0 Å². The topological polar surface area (TPSA) is 63.4 Å². The first-order chi connectivity index (χ1) is 8.43. The minimum Gasteiger partial charge on any atom is -0.399 e. The van der Waals surface area contributed by atoms with E-state index in [4.69, 9.17) is 5.73 Å². The van der Waals surface area contributed by atoms with Gasteiger partial charge >= 0.3 is 0 Å². The average molecular weight is 270 g/mol. The third-order valence-corrected chi connectivity index (χ3v) is 4.54. The van der Waals surface area contributed by atoms with Crippen LogP contribution in [-0.2, 0) is 16.4 Å². The van der Waals surface area contributed by atoms with Crippen molar-refractivity contribution >= 4 is 15.5 Å². The van der Waals surface area contributed by atoms with Gasteiger partial charge in [-0.1, -0.05) is 19.1 Å². The Hall–Kier alpha value is -1.07. The molecule has 1 aromatic rings. The Kier molecular flexibility index (Phi) is 5.62. The second-order valence-electron chi connectivity index (χ2n) is 4.63. The van der Waals surface area contributed by atoms with Gasteiger partial charge < -0.3 is 10.6 Å². The van der Waals surface area contributed by atoms with Gasteiger partial charge in [0.25, 0.3) is 0 Å². The van der Waals surface area contributed by atoms with Crippen molar-refractivity contribution < 1.29 is 8.42 Å². The van der Waals surface area contributed by atoms with Crippen LogP contribution >= 0.6 is 0 Å². The lowest BCUT2D eigenvalue weighted by Crippen LogP contribution is -2.26. The van der Waals surface area contributed by atoms with Crippen molar-refractivity contribution in [1.82, 2.24) is 4.90 Å². The van der Waals surface area contributed by atoms with Crippen LogP contribution in [0.15, 0.2) is 24.3 Å². The number of rotatable bonds is 7. The second kappa shape index (κ2) is 6.75. The largest absolute Gasteiger partial charge is 0.399 e. The van der Waals surface area contributed by atoms with Crippen molar-refractivity contribution in [2.45, 2.75) is 19.9 Å². The maximum atomic E-state index is 11.6. The molecule has 0 bridgehead atoms. The Morgan fingerprint density at radius 2 is 2.00 bits per heavy atom. The molecule has 0 atom stereocenters. The van der Waals surface area contributed by atoms with E-state index < -0.39 is 9.84 Å². The first kappa shape index (κ1) is 15.0. The van der Waals surface area contributed by atoms with E-state index in [1.54, 1.807) is 0 Å². The molecule has 2 N–H and O–H groups in total. The molecule has 0 fully saturated rings. The Morgan fingerprint density at radius 3 is 2.61 bits per heavy atom. The number of sulfone groups is 1. The zero-order chi connectivity index (χ0) is 13.6. The van der Waals surface area contributed by atoms with Crippen LogP contribution in [0.1, 0.15) is 18.9 Å². The van der Waals surface area contributed by atoms with Gasteiger partial charge in [0, 0.05) is 24.5 Å². The number of hydrogen-bond acceptors (Lipinski definition) is 4. The molecular formula is C13H22N2O2S. The van der Waals surface area contributed by atoms with E-state index in [0.717, 1.165) is 11.3 Å². The molecule has 0 saturated carbocycles. The molecule has 0 spiro atoms. The fourth-order valence-electron chi connectivity index (χ4n) is 1.79. The van der Waals surface area contributed by atoms with E-state index >= 15 is 0 Å². The highest BCUT2D eigenvalue weighted by atomic mass is 32.2. The average Bonchev–Trinajstić information content (AvgIpc) is 2.26. The summed E-state index contributed by atoms with van der Waals surface area (Å²) in [7, 11) is -0.972. The molecule has 102 valence electrons. The van der Waals surface area contributed by atoms with Crippen molar-refractivity contribution in [2.75, 3.05) is 30.8 Å². The van der Waals surface area contributed by atoms with Crippen molar-refractivity contribution in [3.05, 3.63) is 29.8 Å². The number of nitrogens with zero attached hydrogens (tertiary/aromatic N) is 1. The highest BCUT2D eigenvalue weighted by Gasteiger charge is 2.11. The summed E-state index contributed by atoms with van der Waals surface area (Å²) in [5.41, 5.74) is 7.54. The van der Waals surface area contributed by atoms with Gasteiger partial charge in [0.05, 0.1) is 5.75 Å². The summed E-state index contributed by atoms with van der Waals surface area (Å²) in [6.07, 6.45) is 0.682. The third-order valence-electron chi connectivity index (χ3n) is 2.70. The fourth-order valence-corrected chi connectivity index (χ4v) is 3.21. The standard InChI is InChI=1S/C13H22N2O2S/c1-3-8-18(16,17)9-7-15(2)11-12-5-4-6-13(14)10-12/h4-6,10H,3,7-9,11,14H2,1-2H3. The third kappa shape index (κ3) is 5.51. The van der Waals surface area contributed by atoms with E-state index in [1.165, 1.54) is 0 Å². The molecule has 0 aliphatic rings. The Balaban J connectivity index is 2.45. The number of hydrogen-bond donors (Lipinski definition) is 1. The molecule has 0 aliphatic heterocycles. The smallest absolute Gasteiger partial charge is 0.151 e. The maximum absolute atomic E-state index is 11.6. The van der Waals surface area contributed by atoms with E-state index in [-0.39, 0.29) is 11.5 Å². The molecule has 5 heteroatoms. The Bertz CT molecular complexity index is 472. The van der Waals surface area contributed by atoms with Crippen molar-refractivity contribution in [2.24, 2.45) is 0 Å². The minimum absolute atomic E-state index is 0.222. The lowest BCUT2D eigenvalue weighted by Gasteiger charge is -2.16. The molecule has 0 heterocycles. The lowest BCUT2D eigenvalue weighted by molar-refractivity contribution is 0.346. The highest BCUT2D eigenvalue weighted by molar-refractivity contribution is 7.91. The zero-order valence-corrected chi connectivity index (χ0v) is 11.9. The normalized spacial score (nSPS) is 11.9. The van der Waals surface area contributed by atoms with E-state index in [0.29, 0.717) is 19.5 Å². The van der Waals surface area contributed by atoms with Crippen LogP contribution in [0.2, 0.25) is 0 Å². The molecule has 0 aliphatic carbocycles. The van der Waals surface area contributed by atoms with Gasteiger partial charge in [0.1, 0.15) is 0 Å². The predicted molar refractivity (Wildman–Crippen MR) is 76.1 cm³/mol. The number of benzene rings is 1. The van der Waals surface area contributed by atoms with Crippen LogP contribution in [0.3, 0.4) is 0 Å². The summed E-state index contributed by atoms with van der Waals surface area (Å²) in [6, 6.07) is 7.66. The summed E-state index contributed by atoms with van der Waals surface area (Å²) < 4.78 is 23.2. The summed E-state index contributed by atoms with van der Waals surface area (Å²) in [5.74, 6) is 0.499. The molecule has 0 saturated heterocycles. The van der Waals surface area contributed by atoms with Gasteiger partial charge in [0.15, 0.2) is 9.84 Å². The molecule has 0 aromatic heterocycles. The van der Waals surface area contributed by atoms with Crippen molar-refractivity contribution in [3.8, 4) is 0 Å². The fraction of sp³-hybridized carbons (Fsp3) is 0.538. The molecule has 0 radical (unpaired) electrons. The summed E-state index contributed by atoms with van der Waals surface area (Å²) >= 11 is 0. The Labute approximate surface area is 110 Å². The molecule has 1 rings (SSSR count). The lowest BCUT2D eigenvalue weighted by atomic mass is 10.2. The first-order valence-corrected chi connectivity index (χ1v) is 7.98. The van der Waals surface area contributed by atoms with Gasteiger partial charge in [-0.05, 0) is 31.2 Å². The van der Waals surface area contributed by atoms with Gasteiger partial charge in [-0.3, -0.25) is 0 Å². The number of nitrogen functional groups attached to an aromatic ring is 1. The van der Waals surface area contributed by atoms with E-state index in [9.17, 15) is 8.42 Å². The predicted octanol–water partition coefficient (Wildman–Crippen LogP) is 1.53. The maximum Gasteiger partial charge on any atom is 0.151 e. The van der Waals surface area contributed by atoms with Gasteiger partial charge in [-0.15, -0.1) is 0 Å². The van der Waals surface area contributed by atoms with Crippen LogP contribution in [0.25, 0.3) is 0 Å².